The number of carbonyl (C=O) groups is 1. The smallest absolute Gasteiger partial charge is 0.332 e. The van der Waals surface area contributed by atoms with Crippen molar-refractivity contribution >= 4 is 12.2 Å². The number of nitrogens with zero attached hydrogens (tertiary/aromatic N) is 1. The van der Waals surface area contributed by atoms with Gasteiger partial charge in [0.2, 0.25) is 0 Å². The molecular weight excluding hydrogens is 292 g/mol. The maximum Gasteiger partial charge on any atom is 0.332 e. The zero-order chi connectivity index (χ0) is 15.9. The number of nitrogens with one attached hydrogen (secondary N) is 1. The van der Waals surface area contributed by atoms with Crippen LogP contribution in [0.3, 0.4) is 0 Å². The van der Waals surface area contributed by atoms with Crippen LogP contribution in [0.25, 0.3) is 0 Å². The Balaban J connectivity index is 2.15. The van der Waals surface area contributed by atoms with E-state index >= 15 is 0 Å². The Bertz CT molecular complexity index is 705. The topological polar surface area (TPSA) is 76.7 Å². The van der Waals surface area contributed by atoms with Crippen molar-refractivity contribution in [3.05, 3.63) is 65.2 Å². The van der Waals surface area contributed by atoms with Crippen LogP contribution in [-0.4, -0.2) is 12.2 Å². The molecule has 0 bridgehead atoms. The highest BCUT2D eigenvalue weighted by Gasteiger charge is 2.07. The van der Waals surface area contributed by atoms with Crippen molar-refractivity contribution in [1.82, 2.24) is 5.43 Å². The number of hydrogen-bond donors (Lipinski definition) is 2. The van der Waals surface area contributed by atoms with Gasteiger partial charge in [0.05, 0.1) is 6.21 Å². The van der Waals surface area contributed by atoms with Gasteiger partial charge in [-0.2, -0.15) is 5.10 Å². The molecular formula is C15H13F2N3O2. The minimum atomic E-state index is -0.827. The molecule has 2 rings (SSSR count). The van der Waals surface area contributed by atoms with Crippen molar-refractivity contribution in [2.24, 2.45) is 10.8 Å². The molecule has 0 aliphatic carbocycles. The van der Waals surface area contributed by atoms with Gasteiger partial charge in [-0.15, -0.1) is 0 Å². The van der Waals surface area contributed by atoms with Crippen LogP contribution in [0.2, 0.25) is 0 Å². The van der Waals surface area contributed by atoms with Crippen molar-refractivity contribution in [2.45, 2.75) is 6.61 Å². The standard InChI is InChI=1S/C15H13F2N3O2/c16-12-6-5-10(8-19-20-15(18)21)14(7-12)22-9-11-3-1-2-4-13(11)17/h1-8H,9H2,(H3,18,20,21). The van der Waals surface area contributed by atoms with Gasteiger partial charge in [-0.3, -0.25) is 0 Å². The van der Waals surface area contributed by atoms with Crippen LogP contribution in [0, 0.1) is 11.6 Å². The van der Waals surface area contributed by atoms with Crippen LogP contribution in [0.5, 0.6) is 5.75 Å². The number of benzene rings is 2. The number of ether oxygens (including phenoxy) is 1. The van der Waals surface area contributed by atoms with Crippen molar-refractivity contribution in [2.75, 3.05) is 0 Å². The van der Waals surface area contributed by atoms with Crippen LogP contribution < -0.4 is 15.9 Å². The van der Waals surface area contributed by atoms with Crippen molar-refractivity contribution in [3.63, 3.8) is 0 Å². The normalized spacial score (nSPS) is 10.6. The maximum absolute atomic E-state index is 13.5. The van der Waals surface area contributed by atoms with E-state index in [4.69, 9.17) is 10.5 Å². The first-order valence-corrected chi connectivity index (χ1v) is 6.30. The van der Waals surface area contributed by atoms with Gasteiger partial charge < -0.3 is 10.5 Å². The summed E-state index contributed by atoms with van der Waals surface area (Å²) in [7, 11) is 0. The van der Waals surface area contributed by atoms with Crippen molar-refractivity contribution in [3.8, 4) is 5.75 Å². The van der Waals surface area contributed by atoms with E-state index in [2.05, 4.69) is 5.10 Å². The molecule has 0 saturated heterocycles. The summed E-state index contributed by atoms with van der Waals surface area (Å²) in [6, 6.07) is 9.06. The van der Waals surface area contributed by atoms with Crippen LogP contribution in [0.4, 0.5) is 13.6 Å². The summed E-state index contributed by atoms with van der Waals surface area (Å²) in [5.74, 6) is -0.758. The van der Waals surface area contributed by atoms with Crippen LogP contribution in [0.15, 0.2) is 47.6 Å². The molecule has 7 heteroatoms. The van der Waals surface area contributed by atoms with Crippen LogP contribution >= 0.6 is 0 Å². The lowest BCUT2D eigenvalue weighted by atomic mass is 10.2. The van der Waals surface area contributed by atoms with Crippen molar-refractivity contribution in [1.29, 1.82) is 0 Å². The lowest BCUT2D eigenvalue weighted by molar-refractivity contribution is 0.249. The number of urea groups is 1. The Hall–Kier alpha value is -2.96. The first-order chi connectivity index (χ1) is 10.6. The largest absolute Gasteiger partial charge is 0.488 e. The fourth-order valence-electron chi connectivity index (χ4n) is 1.68. The van der Waals surface area contributed by atoms with E-state index < -0.39 is 17.7 Å². The molecule has 0 aliphatic heterocycles. The molecule has 0 saturated carbocycles. The molecule has 0 unspecified atom stereocenters. The fraction of sp³-hybridized carbons (Fsp3) is 0.0667. The first-order valence-electron chi connectivity index (χ1n) is 6.30. The number of hydrogen-bond acceptors (Lipinski definition) is 3. The molecule has 22 heavy (non-hydrogen) atoms. The van der Waals surface area contributed by atoms with E-state index in [-0.39, 0.29) is 12.4 Å². The quantitative estimate of drug-likeness (QED) is 0.658. The second kappa shape index (κ2) is 7.16. The molecule has 0 aliphatic rings. The van der Waals surface area contributed by atoms with Gasteiger partial charge in [0.15, 0.2) is 0 Å². The Morgan fingerprint density at radius 2 is 2.05 bits per heavy atom. The van der Waals surface area contributed by atoms with E-state index in [0.717, 1.165) is 6.07 Å². The van der Waals surface area contributed by atoms with Gasteiger partial charge in [0.25, 0.3) is 0 Å². The molecule has 0 spiro atoms. The Kier molecular flexibility index (Phi) is 5.02. The number of nitrogens with two attached hydrogens (primary N) is 1. The minimum absolute atomic E-state index is 0.0692. The monoisotopic (exact) mass is 305 g/mol. The SMILES string of the molecule is NC(=O)NN=Cc1ccc(F)cc1OCc1ccccc1F. The van der Waals surface area contributed by atoms with Crippen LogP contribution in [-0.2, 0) is 6.61 Å². The third kappa shape index (κ3) is 4.27. The first kappa shape index (κ1) is 15.4. The van der Waals surface area contributed by atoms with E-state index in [1.807, 2.05) is 5.43 Å². The van der Waals surface area contributed by atoms with Crippen LogP contribution in [0.1, 0.15) is 11.1 Å². The summed E-state index contributed by atoms with van der Waals surface area (Å²) in [6.07, 6.45) is 1.25. The number of halogens is 2. The van der Waals surface area contributed by atoms with Gasteiger partial charge >= 0.3 is 6.03 Å². The highest BCUT2D eigenvalue weighted by molar-refractivity contribution is 5.84. The summed E-state index contributed by atoms with van der Waals surface area (Å²) >= 11 is 0. The minimum Gasteiger partial charge on any atom is -0.488 e. The number of primary amides is 1. The average molecular weight is 305 g/mol. The Labute approximate surface area is 125 Å². The molecule has 2 amide bonds. The highest BCUT2D eigenvalue weighted by Crippen LogP contribution is 2.20. The van der Waals surface area contributed by atoms with E-state index in [9.17, 15) is 13.6 Å². The van der Waals surface area contributed by atoms with Gasteiger partial charge in [0.1, 0.15) is 24.0 Å². The second-order valence-electron chi connectivity index (χ2n) is 4.30. The molecule has 0 aromatic heterocycles. The number of rotatable bonds is 5. The Morgan fingerprint density at radius 1 is 1.27 bits per heavy atom. The molecule has 2 aromatic rings. The predicted molar refractivity (Wildman–Crippen MR) is 77.4 cm³/mol. The molecule has 5 nitrogen and oxygen atoms in total. The third-order valence-electron chi connectivity index (χ3n) is 2.70. The molecule has 0 atom stereocenters. The predicted octanol–water partition coefficient (Wildman–Crippen LogP) is 2.55. The highest BCUT2D eigenvalue weighted by atomic mass is 19.1. The van der Waals surface area contributed by atoms with Crippen molar-refractivity contribution < 1.29 is 18.3 Å². The molecule has 0 heterocycles. The lowest BCUT2D eigenvalue weighted by Crippen LogP contribution is -2.24. The fourth-order valence-corrected chi connectivity index (χ4v) is 1.68. The van der Waals surface area contributed by atoms with Gasteiger partial charge in [-0.05, 0) is 18.2 Å². The summed E-state index contributed by atoms with van der Waals surface area (Å²) < 4.78 is 32.3. The molecule has 2 aromatic carbocycles. The zero-order valence-corrected chi connectivity index (χ0v) is 11.4. The van der Waals surface area contributed by atoms with E-state index in [1.165, 1.54) is 24.4 Å². The molecule has 0 fully saturated rings. The summed E-state index contributed by atoms with van der Waals surface area (Å²) in [5.41, 5.74) is 7.64. The maximum atomic E-state index is 13.5. The number of amides is 2. The average Bonchev–Trinajstić information content (AvgIpc) is 2.48. The molecule has 3 N–H and O–H groups in total. The number of hydrazone groups is 1. The van der Waals surface area contributed by atoms with E-state index in [0.29, 0.717) is 11.1 Å². The van der Waals surface area contributed by atoms with Gasteiger partial charge in [0, 0.05) is 17.2 Å². The second-order valence-corrected chi connectivity index (χ2v) is 4.30. The number of carbonyl (C=O) groups excluding carboxylic acids is 1. The molecule has 114 valence electrons. The summed E-state index contributed by atoms with van der Waals surface area (Å²) in [6.45, 7) is -0.0692. The Morgan fingerprint density at radius 3 is 2.77 bits per heavy atom. The van der Waals surface area contributed by atoms with E-state index in [1.54, 1.807) is 18.2 Å². The third-order valence-corrected chi connectivity index (χ3v) is 2.70. The van der Waals surface area contributed by atoms with Gasteiger partial charge in [-0.25, -0.2) is 19.0 Å². The summed E-state index contributed by atoms with van der Waals surface area (Å²) in [5, 5.41) is 3.58. The lowest BCUT2D eigenvalue weighted by Gasteiger charge is -2.10. The zero-order valence-electron chi connectivity index (χ0n) is 11.4. The van der Waals surface area contributed by atoms with Gasteiger partial charge in [-0.1, -0.05) is 18.2 Å². The molecule has 0 radical (unpaired) electrons. The summed E-state index contributed by atoms with van der Waals surface area (Å²) in [4.78, 5) is 10.5.